The normalized spacial score (nSPS) is 12.0. The van der Waals surface area contributed by atoms with Crippen LogP contribution in [0.2, 0.25) is 0 Å². The monoisotopic (exact) mass is 638 g/mol. The number of aryl methyl sites for hydroxylation is 2. The highest BCUT2D eigenvalue weighted by molar-refractivity contribution is 8.13. The third-order valence-corrected chi connectivity index (χ3v) is 7.50. The number of hydrogen-bond acceptors (Lipinski definition) is 6. The molecule has 4 rings (SSSR count). The second kappa shape index (κ2) is 15.6. The van der Waals surface area contributed by atoms with Crippen molar-refractivity contribution in [3.63, 3.8) is 0 Å². The van der Waals surface area contributed by atoms with Crippen molar-refractivity contribution in [3.05, 3.63) is 89.7 Å². The largest absolute Gasteiger partial charge is 0.573 e. The summed E-state index contributed by atoms with van der Waals surface area (Å²) in [6.45, 7) is 8.90. The molecular formula is C33H37F3N6O2S. The number of nitrogens with zero attached hydrogens (tertiary/aromatic N) is 4. The van der Waals surface area contributed by atoms with Gasteiger partial charge in [0.25, 0.3) is 0 Å². The molecule has 0 spiro atoms. The molecule has 0 saturated carbocycles. The molecule has 2 N–H and O–H groups in total. The van der Waals surface area contributed by atoms with Crippen LogP contribution in [0.3, 0.4) is 0 Å². The number of rotatable bonds is 11. The lowest BCUT2D eigenvalue weighted by Crippen LogP contribution is -2.38. The Balaban J connectivity index is 1.23. The van der Waals surface area contributed by atoms with E-state index in [2.05, 4.69) is 52.3 Å². The highest BCUT2D eigenvalue weighted by Crippen LogP contribution is 2.29. The van der Waals surface area contributed by atoms with E-state index in [9.17, 15) is 18.0 Å². The Hall–Kier alpha value is -4.32. The molecule has 12 heteroatoms. The van der Waals surface area contributed by atoms with E-state index in [0.29, 0.717) is 29.1 Å². The number of ether oxygens (including phenoxy) is 1. The van der Waals surface area contributed by atoms with Gasteiger partial charge >= 0.3 is 12.4 Å². The van der Waals surface area contributed by atoms with E-state index in [0.717, 1.165) is 47.4 Å². The van der Waals surface area contributed by atoms with E-state index in [1.54, 1.807) is 0 Å². The number of benzene rings is 3. The maximum atomic E-state index is 12.6. The molecule has 0 bridgehead atoms. The Morgan fingerprint density at radius 2 is 1.78 bits per heavy atom. The van der Waals surface area contributed by atoms with Crippen molar-refractivity contribution in [1.82, 2.24) is 25.4 Å². The Morgan fingerprint density at radius 1 is 1.04 bits per heavy atom. The molecule has 238 valence electrons. The van der Waals surface area contributed by atoms with Crippen molar-refractivity contribution < 1.29 is 22.7 Å². The smallest absolute Gasteiger partial charge is 0.406 e. The van der Waals surface area contributed by atoms with Crippen molar-refractivity contribution in [3.8, 4) is 22.8 Å². The summed E-state index contributed by atoms with van der Waals surface area (Å²) in [6, 6.07) is 19.2. The maximum absolute atomic E-state index is 12.6. The van der Waals surface area contributed by atoms with Crippen LogP contribution in [0.4, 0.5) is 23.7 Å². The fourth-order valence-corrected chi connectivity index (χ4v) is 5.12. The second-order valence-electron chi connectivity index (χ2n) is 10.7. The molecule has 0 aliphatic heterocycles. The first-order valence-electron chi connectivity index (χ1n) is 14.7. The van der Waals surface area contributed by atoms with Gasteiger partial charge in [-0.15, -0.1) is 18.3 Å². The lowest BCUT2D eigenvalue weighted by molar-refractivity contribution is -0.274. The predicted octanol–water partition coefficient (Wildman–Crippen LogP) is 8.33. The van der Waals surface area contributed by atoms with Crippen LogP contribution in [-0.4, -0.2) is 44.6 Å². The number of halogens is 3. The Bertz CT molecular complexity index is 1590. The average Bonchev–Trinajstić information content (AvgIpc) is 3.48. The van der Waals surface area contributed by atoms with Gasteiger partial charge in [-0.25, -0.2) is 19.5 Å². The van der Waals surface area contributed by atoms with Gasteiger partial charge in [-0.1, -0.05) is 74.5 Å². The first kappa shape index (κ1) is 33.6. The molecule has 0 aliphatic rings. The number of carbonyl (C=O) groups excluding carboxylic acids is 1. The second-order valence-corrected chi connectivity index (χ2v) is 11.9. The van der Waals surface area contributed by atoms with Crippen LogP contribution >= 0.6 is 11.8 Å². The number of alkyl halides is 3. The number of nitrogens with one attached hydrogen (secondary N) is 2. The Labute approximate surface area is 265 Å². The molecular weight excluding hydrogens is 601 g/mol. The number of carbonyl (C=O) groups is 1. The number of amidine groups is 1. The summed E-state index contributed by atoms with van der Waals surface area (Å²) in [5.74, 6) is 1.31. The molecule has 0 saturated heterocycles. The van der Waals surface area contributed by atoms with Crippen LogP contribution in [0.25, 0.3) is 17.1 Å². The average molecular weight is 639 g/mol. The van der Waals surface area contributed by atoms with Gasteiger partial charge in [0, 0.05) is 12.1 Å². The SMILES string of the molecule is CCSC(=Nc1ccc(C)cc1C(C)C)NC(=O)NCCCCc1ccc(-c2ncn(-c3ccc(OC(F)(F)F)cc3)n2)cc1. The zero-order valence-corrected chi connectivity index (χ0v) is 26.5. The quantitative estimate of drug-likeness (QED) is 0.0979. The summed E-state index contributed by atoms with van der Waals surface area (Å²) >= 11 is 1.50. The van der Waals surface area contributed by atoms with Gasteiger partial charge in [0.2, 0.25) is 0 Å². The number of amides is 2. The van der Waals surface area contributed by atoms with Gasteiger partial charge in [-0.3, -0.25) is 5.32 Å². The number of unbranched alkanes of at least 4 members (excludes halogenated alkanes) is 1. The molecule has 0 unspecified atom stereocenters. The fourth-order valence-electron chi connectivity index (χ4n) is 4.52. The van der Waals surface area contributed by atoms with Crippen LogP contribution in [0.1, 0.15) is 56.2 Å². The summed E-state index contributed by atoms with van der Waals surface area (Å²) in [6.07, 6.45) is -0.673. The molecule has 1 heterocycles. The first-order chi connectivity index (χ1) is 21.5. The zero-order valence-electron chi connectivity index (χ0n) is 25.7. The van der Waals surface area contributed by atoms with Crippen LogP contribution < -0.4 is 15.4 Å². The molecule has 0 aliphatic carbocycles. The number of urea groups is 1. The maximum Gasteiger partial charge on any atom is 0.573 e. The van der Waals surface area contributed by atoms with E-state index < -0.39 is 6.36 Å². The minimum atomic E-state index is -4.74. The Kier molecular flexibility index (Phi) is 11.6. The summed E-state index contributed by atoms with van der Waals surface area (Å²) in [5, 5.41) is 10.9. The lowest BCUT2D eigenvalue weighted by Gasteiger charge is -2.13. The molecule has 0 fully saturated rings. The topological polar surface area (TPSA) is 93.4 Å². The van der Waals surface area contributed by atoms with Crippen molar-refractivity contribution in [2.24, 2.45) is 4.99 Å². The first-order valence-corrected chi connectivity index (χ1v) is 15.7. The van der Waals surface area contributed by atoms with E-state index in [4.69, 9.17) is 4.99 Å². The predicted molar refractivity (Wildman–Crippen MR) is 173 cm³/mol. The molecule has 1 aromatic heterocycles. The third kappa shape index (κ3) is 10.4. The van der Waals surface area contributed by atoms with Crippen LogP contribution in [-0.2, 0) is 6.42 Å². The highest BCUT2D eigenvalue weighted by atomic mass is 32.2. The van der Waals surface area contributed by atoms with Crippen molar-refractivity contribution in [2.45, 2.75) is 59.2 Å². The fraction of sp³-hybridized carbons (Fsp3) is 0.333. The molecule has 45 heavy (non-hydrogen) atoms. The molecule has 0 atom stereocenters. The van der Waals surface area contributed by atoms with Crippen LogP contribution in [0, 0.1) is 6.92 Å². The lowest BCUT2D eigenvalue weighted by atomic mass is 9.99. The van der Waals surface area contributed by atoms with Gasteiger partial charge < -0.3 is 10.1 Å². The van der Waals surface area contributed by atoms with Crippen molar-refractivity contribution in [2.75, 3.05) is 12.3 Å². The zero-order chi connectivity index (χ0) is 32.4. The molecule has 0 radical (unpaired) electrons. The number of thioether (sulfide) groups is 1. The third-order valence-electron chi connectivity index (χ3n) is 6.75. The highest BCUT2D eigenvalue weighted by Gasteiger charge is 2.31. The number of aliphatic imine (C=N–C) groups is 1. The van der Waals surface area contributed by atoms with Gasteiger partial charge in [0.05, 0.1) is 11.4 Å². The van der Waals surface area contributed by atoms with Gasteiger partial charge in [0.15, 0.2) is 11.0 Å². The van der Waals surface area contributed by atoms with E-state index >= 15 is 0 Å². The number of aromatic nitrogens is 3. The van der Waals surface area contributed by atoms with Crippen molar-refractivity contribution in [1.29, 1.82) is 0 Å². The van der Waals surface area contributed by atoms with Crippen molar-refractivity contribution >= 4 is 28.6 Å². The summed E-state index contributed by atoms with van der Waals surface area (Å²) in [7, 11) is 0. The van der Waals surface area contributed by atoms with E-state index in [1.165, 1.54) is 52.6 Å². The van der Waals surface area contributed by atoms with Gasteiger partial charge in [-0.05, 0) is 79.3 Å². The van der Waals surface area contributed by atoms with Crippen LogP contribution in [0.5, 0.6) is 5.75 Å². The van der Waals surface area contributed by atoms with Gasteiger partial charge in [0.1, 0.15) is 12.1 Å². The van der Waals surface area contributed by atoms with Crippen LogP contribution in [0.15, 0.2) is 78.0 Å². The number of hydrogen-bond donors (Lipinski definition) is 2. The molecule has 8 nitrogen and oxygen atoms in total. The molecule has 3 aromatic carbocycles. The molecule has 2 amide bonds. The molecule has 4 aromatic rings. The Morgan fingerprint density at radius 3 is 2.44 bits per heavy atom. The summed E-state index contributed by atoms with van der Waals surface area (Å²) < 4.78 is 42.6. The summed E-state index contributed by atoms with van der Waals surface area (Å²) in [4.78, 5) is 21.7. The minimum absolute atomic E-state index is 0.269. The summed E-state index contributed by atoms with van der Waals surface area (Å²) in [5.41, 5.74) is 5.73. The van der Waals surface area contributed by atoms with E-state index in [-0.39, 0.29) is 11.8 Å². The van der Waals surface area contributed by atoms with E-state index in [1.807, 2.05) is 43.3 Å². The minimum Gasteiger partial charge on any atom is -0.406 e. The standard InChI is InChI=1S/C33H37F3N6O2S/c1-5-45-32(39-29-18-9-23(4)20-28(29)22(2)3)40-31(43)37-19-7-6-8-24-10-12-25(13-11-24)30-38-21-42(41-30)26-14-16-27(17-15-26)44-33(34,35)36/h9-18,20-22H,5-8,19H2,1-4H3,(H2,37,39,40,43). The van der Waals surface area contributed by atoms with Gasteiger partial charge in [-0.2, -0.15) is 0 Å².